The number of rotatable bonds is 6. The first-order valence-corrected chi connectivity index (χ1v) is 8.80. The summed E-state index contributed by atoms with van der Waals surface area (Å²) in [7, 11) is -3.16. The van der Waals surface area contributed by atoms with Crippen molar-refractivity contribution in [2.24, 2.45) is 0 Å². The second-order valence-corrected chi connectivity index (χ2v) is 7.37. The van der Waals surface area contributed by atoms with E-state index in [0.717, 1.165) is 5.56 Å². The molecule has 6 heteroatoms. The first-order chi connectivity index (χ1) is 10.0. The normalized spacial score (nSPS) is 17.6. The highest BCUT2D eigenvalue weighted by molar-refractivity contribution is 7.89. The minimum Gasteiger partial charge on any atom is -0.474 e. The van der Waals surface area contributed by atoms with Crippen molar-refractivity contribution < 1.29 is 13.2 Å². The van der Waals surface area contributed by atoms with E-state index in [0.29, 0.717) is 38.2 Å². The molecule has 1 fully saturated rings. The fourth-order valence-electron chi connectivity index (χ4n) is 2.28. The Morgan fingerprint density at radius 2 is 2.14 bits per heavy atom. The lowest BCUT2D eigenvalue weighted by molar-refractivity contribution is 0.130. The van der Waals surface area contributed by atoms with Crippen molar-refractivity contribution in [3.63, 3.8) is 0 Å². The summed E-state index contributed by atoms with van der Waals surface area (Å²) < 4.78 is 31.5. The van der Waals surface area contributed by atoms with E-state index in [1.807, 2.05) is 19.1 Å². The van der Waals surface area contributed by atoms with Crippen LogP contribution >= 0.6 is 0 Å². The summed E-state index contributed by atoms with van der Waals surface area (Å²) in [6.07, 6.45) is 5.32. The molecule has 21 heavy (non-hydrogen) atoms. The third kappa shape index (κ3) is 4.54. The number of aryl methyl sites for hydroxylation is 1. The Bertz CT molecular complexity index is 561. The zero-order valence-corrected chi connectivity index (χ0v) is 13.2. The summed E-state index contributed by atoms with van der Waals surface area (Å²) in [5, 5.41) is 0. The van der Waals surface area contributed by atoms with Crippen LogP contribution in [0.15, 0.2) is 31.0 Å². The van der Waals surface area contributed by atoms with E-state index in [9.17, 15) is 8.42 Å². The van der Waals surface area contributed by atoms with Gasteiger partial charge in [-0.3, -0.25) is 0 Å². The van der Waals surface area contributed by atoms with Gasteiger partial charge >= 0.3 is 0 Å². The van der Waals surface area contributed by atoms with Crippen molar-refractivity contribution >= 4 is 10.0 Å². The van der Waals surface area contributed by atoms with Crippen LogP contribution in [-0.2, 0) is 10.0 Å². The molecule has 0 atom stereocenters. The average molecular weight is 310 g/mol. The number of aromatic nitrogens is 1. The van der Waals surface area contributed by atoms with Crippen molar-refractivity contribution in [1.82, 2.24) is 9.29 Å². The Kier molecular flexibility index (Phi) is 5.36. The van der Waals surface area contributed by atoms with Crippen LogP contribution in [0.5, 0.6) is 5.88 Å². The van der Waals surface area contributed by atoms with E-state index in [2.05, 4.69) is 11.6 Å². The summed E-state index contributed by atoms with van der Waals surface area (Å²) in [6.45, 7) is 6.56. The number of pyridine rings is 1. The molecule has 2 heterocycles. The molecule has 1 saturated heterocycles. The molecular weight excluding hydrogens is 288 g/mol. The minimum atomic E-state index is -3.16. The van der Waals surface area contributed by atoms with Gasteiger partial charge in [0.15, 0.2) is 0 Å². The van der Waals surface area contributed by atoms with Gasteiger partial charge in [0.2, 0.25) is 15.9 Å². The lowest BCUT2D eigenvalue weighted by Gasteiger charge is -2.31. The quantitative estimate of drug-likeness (QED) is 0.755. The van der Waals surface area contributed by atoms with Crippen LogP contribution in [0.1, 0.15) is 24.8 Å². The number of hydrogen-bond acceptors (Lipinski definition) is 4. The van der Waals surface area contributed by atoms with Crippen molar-refractivity contribution in [2.45, 2.75) is 32.3 Å². The molecule has 116 valence electrons. The smallest absolute Gasteiger partial charge is 0.214 e. The van der Waals surface area contributed by atoms with Crippen molar-refractivity contribution in [3.8, 4) is 5.88 Å². The molecule has 0 aromatic carbocycles. The lowest BCUT2D eigenvalue weighted by Crippen LogP contribution is -2.42. The van der Waals surface area contributed by atoms with E-state index < -0.39 is 10.0 Å². The largest absolute Gasteiger partial charge is 0.474 e. The molecule has 0 amide bonds. The van der Waals surface area contributed by atoms with E-state index in [4.69, 9.17) is 4.74 Å². The van der Waals surface area contributed by atoms with Crippen LogP contribution < -0.4 is 4.74 Å². The summed E-state index contributed by atoms with van der Waals surface area (Å²) in [4.78, 5) is 4.22. The van der Waals surface area contributed by atoms with Crippen LogP contribution in [0.2, 0.25) is 0 Å². The van der Waals surface area contributed by atoms with Crippen LogP contribution in [0.3, 0.4) is 0 Å². The molecule has 0 bridgehead atoms. The molecule has 5 nitrogen and oxygen atoms in total. The van der Waals surface area contributed by atoms with Gasteiger partial charge in [0.1, 0.15) is 6.10 Å². The molecule has 0 aliphatic carbocycles. The molecule has 0 saturated carbocycles. The standard InChI is InChI=1S/C15H22N2O3S/c1-3-4-11-21(18,19)17-9-7-14(8-10-17)20-15-6-5-13(2)12-16-15/h3,5-6,12,14H,1,4,7-11H2,2H3. The summed E-state index contributed by atoms with van der Waals surface area (Å²) in [5.74, 6) is 0.746. The van der Waals surface area contributed by atoms with E-state index in [-0.39, 0.29) is 11.9 Å². The van der Waals surface area contributed by atoms with Crippen LogP contribution in [0.25, 0.3) is 0 Å². The zero-order valence-electron chi connectivity index (χ0n) is 12.4. The van der Waals surface area contributed by atoms with Gasteiger partial charge < -0.3 is 4.74 Å². The Labute approximate surface area is 126 Å². The van der Waals surface area contributed by atoms with Crippen molar-refractivity contribution in [3.05, 3.63) is 36.5 Å². The fraction of sp³-hybridized carbons (Fsp3) is 0.533. The van der Waals surface area contributed by atoms with Gasteiger partial charge in [0.05, 0.1) is 5.75 Å². The van der Waals surface area contributed by atoms with Crippen LogP contribution in [0, 0.1) is 6.92 Å². The van der Waals surface area contributed by atoms with Gasteiger partial charge in [0.25, 0.3) is 0 Å². The lowest BCUT2D eigenvalue weighted by atomic mass is 10.1. The number of allylic oxidation sites excluding steroid dienone is 1. The minimum absolute atomic E-state index is 0.0334. The van der Waals surface area contributed by atoms with E-state index in [1.54, 1.807) is 16.6 Å². The predicted molar refractivity (Wildman–Crippen MR) is 82.8 cm³/mol. The number of nitrogens with zero attached hydrogens (tertiary/aromatic N) is 2. The second kappa shape index (κ2) is 7.04. The number of hydrogen-bond donors (Lipinski definition) is 0. The molecule has 2 rings (SSSR count). The molecular formula is C15H22N2O3S. The molecule has 1 aromatic rings. The first-order valence-electron chi connectivity index (χ1n) is 7.19. The number of sulfonamides is 1. The molecule has 0 unspecified atom stereocenters. The molecule has 1 aliphatic rings. The predicted octanol–water partition coefficient (Wildman–Crippen LogP) is 2.14. The third-order valence-electron chi connectivity index (χ3n) is 3.55. The summed E-state index contributed by atoms with van der Waals surface area (Å²) in [6, 6.07) is 3.81. The topological polar surface area (TPSA) is 59.5 Å². The van der Waals surface area contributed by atoms with Gasteiger partial charge in [-0.15, -0.1) is 6.58 Å². The maximum atomic E-state index is 12.1. The Hall–Kier alpha value is -1.40. The Morgan fingerprint density at radius 1 is 1.43 bits per heavy atom. The Balaban J connectivity index is 1.85. The monoisotopic (exact) mass is 310 g/mol. The van der Waals surface area contributed by atoms with Gasteiger partial charge in [-0.05, 0) is 31.7 Å². The van der Waals surface area contributed by atoms with Gasteiger partial charge in [-0.1, -0.05) is 12.1 Å². The Morgan fingerprint density at radius 3 is 2.71 bits per heavy atom. The SMILES string of the molecule is C=CCCS(=O)(=O)N1CCC(Oc2ccc(C)cn2)CC1. The maximum Gasteiger partial charge on any atom is 0.214 e. The summed E-state index contributed by atoms with van der Waals surface area (Å²) >= 11 is 0. The molecule has 1 aliphatic heterocycles. The summed E-state index contributed by atoms with van der Waals surface area (Å²) in [5.41, 5.74) is 1.09. The number of ether oxygens (including phenoxy) is 1. The van der Waals surface area contributed by atoms with E-state index in [1.165, 1.54) is 0 Å². The second-order valence-electron chi connectivity index (χ2n) is 5.28. The first kappa shape index (κ1) is 16.0. The zero-order chi connectivity index (χ0) is 15.3. The molecule has 1 aromatic heterocycles. The molecule has 0 spiro atoms. The average Bonchev–Trinajstić information content (AvgIpc) is 2.48. The number of piperidine rings is 1. The van der Waals surface area contributed by atoms with Crippen molar-refractivity contribution in [2.75, 3.05) is 18.8 Å². The van der Waals surface area contributed by atoms with Gasteiger partial charge in [0, 0.05) is 25.4 Å². The third-order valence-corrected chi connectivity index (χ3v) is 5.45. The highest BCUT2D eigenvalue weighted by Gasteiger charge is 2.28. The van der Waals surface area contributed by atoms with Crippen LogP contribution in [-0.4, -0.2) is 42.7 Å². The van der Waals surface area contributed by atoms with E-state index >= 15 is 0 Å². The van der Waals surface area contributed by atoms with Gasteiger partial charge in [-0.2, -0.15) is 0 Å². The highest BCUT2D eigenvalue weighted by atomic mass is 32.2. The molecule has 0 N–H and O–H groups in total. The fourth-order valence-corrected chi connectivity index (χ4v) is 3.77. The van der Waals surface area contributed by atoms with Gasteiger partial charge in [-0.25, -0.2) is 17.7 Å². The van der Waals surface area contributed by atoms with Crippen molar-refractivity contribution in [1.29, 1.82) is 0 Å². The highest BCUT2D eigenvalue weighted by Crippen LogP contribution is 2.19. The van der Waals surface area contributed by atoms with Crippen LogP contribution in [0.4, 0.5) is 0 Å². The maximum absolute atomic E-state index is 12.1. The molecule has 0 radical (unpaired) electrons.